The van der Waals surface area contributed by atoms with Gasteiger partial charge in [-0.1, -0.05) is 26.0 Å². The molecule has 0 radical (unpaired) electrons. The molecule has 0 aromatic heterocycles. The molecule has 120 valence electrons. The van der Waals surface area contributed by atoms with Crippen molar-refractivity contribution in [2.45, 2.75) is 46.6 Å². The average molecular weight is 293 g/mol. The van der Waals surface area contributed by atoms with E-state index in [1.54, 1.807) is 7.11 Å². The van der Waals surface area contributed by atoms with Gasteiger partial charge in [-0.2, -0.15) is 0 Å². The molecule has 0 unspecified atom stereocenters. The van der Waals surface area contributed by atoms with Gasteiger partial charge >= 0.3 is 0 Å². The van der Waals surface area contributed by atoms with E-state index >= 15 is 0 Å². The Balaban J connectivity index is 2.43. The van der Waals surface area contributed by atoms with E-state index in [1.807, 2.05) is 12.1 Å². The first-order valence-corrected chi connectivity index (χ1v) is 7.68. The largest absolute Gasteiger partial charge is 0.493 e. The first-order chi connectivity index (χ1) is 9.72. The Labute approximate surface area is 130 Å². The first-order valence-electron chi connectivity index (χ1n) is 7.68. The SMILES string of the molecule is COCCc1ccc(OCC(C)(C)CNC(C)(C)C)cc1. The standard InChI is InChI=1S/C18H31NO2/c1-17(2,3)19-13-18(4,5)14-21-16-9-7-15(8-10-16)11-12-20-6/h7-10,19H,11-14H2,1-6H3. The molecule has 1 aromatic rings. The number of nitrogens with one attached hydrogen (secondary N) is 1. The van der Waals surface area contributed by atoms with Crippen LogP contribution >= 0.6 is 0 Å². The number of benzene rings is 1. The minimum Gasteiger partial charge on any atom is -0.493 e. The van der Waals surface area contributed by atoms with Crippen molar-refractivity contribution in [2.75, 3.05) is 26.9 Å². The topological polar surface area (TPSA) is 30.5 Å². The van der Waals surface area contributed by atoms with Crippen LogP contribution in [0, 0.1) is 5.41 Å². The molecule has 0 aliphatic rings. The lowest BCUT2D eigenvalue weighted by Gasteiger charge is -2.30. The number of hydrogen-bond donors (Lipinski definition) is 1. The predicted molar refractivity (Wildman–Crippen MR) is 89.1 cm³/mol. The van der Waals surface area contributed by atoms with Crippen molar-refractivity contribution in [1.29, 1.82) is 0 Å². The zero-order chi connectivity index (χ0) is 15.9. The highest BCUT2D eigenvalue weighted by atomic mass is 16.5. The zero-order valence-electron chi connectivity index (χ0n) is 14.5. The fraction of sp³-hybridized carbons (Fsp3) is 0.667. The van der Waals surface area contributed by atoms with Gasteiger partial charge in [-0.15, -0.1) is 0 Å². The van der Waals surface area contributed by atoms with Gasteiger partial charge in [0.25, 0.3) is 0 Å². The molecule has 1 aromatic carbocycles. The van der Waals surface area contributed by atoms with Crippen molar-refractivity contribution in [3.63, 3.8) is 0 Å². The van der Waals surface area contributed by atoms with Gasteiger partial charge in [0, 0.05) is 24.6 Å². The fourth-order valence-corrected chi connectivity index (χ4v) is 1.81. The molecule has 0 saturated heterocycles. The molecule has 21 heavy (non-hydrogen) atoms. The molecule has 0 saturated carbocycles. The second-order valence-electron chi connectivity index (χ2n) is 7.44. The van der Waals surface area contributed by atoms with Crippen LogP contribution < -0.4 is 10.1 Å². The van der Waals surface area contributed by atoms with Crippen LogP contribution in [0.3, 0.4) is 0 Å². The average Bonchev–Trinajstić information content (AvgIpc) is 2.41. The van der Waals surface area contributed by atoms with E-state index in [0.717, 1.165) is 25.3 Å². The lowest BCUT2D eigenvalue weighted by atomic mass is 9.93. The third-order valence-corrected chi connectivity index (χ3v) is 3.25. The Morgan fingerprint density at radius 1 is 1.00 bits per heavy atom. The van der Waals surface area contributed by atoms with Gasteiger partial charge in [0.15, 0.2) is 0 Å². The highest BCUT2D eigenvalue weighted by Gasteiger charge is 2.21. The van der Waals surface area contributed by atoms with Gasteiger partial charge in [-0.25, -0.2) is 0 Å². The van der Waals surface area contributed by atoms with Crippen LogP contribution in [0.2, 0.25) is 0 Å². The molecule has 1 N–H and O–H groups in total. The fourth-order valence-electron chi connectivity index (χ4n) is 1.81. The summed E-state index contributed by atoms with van der Waals surface area (Å²) in [5, 5.41) is 3.54. The van der Waals surface area contributed by atoms with Gasteiger partial charge in [0.05, 0.1) is 13.2 Å². The maximum Gasteiger partial charge on any atom is 0.119 e. The van der Waals surface area contributed by atoms with Gasteiger partial charge in [-0.3, -0.25) is 0 Å². The van der Waals surface area contributed by atoms with Gasteiger partial charge in [0.2, 0.25) is 0 Å². The molecule has 0 atom stereocenters. The van der Waals surface area contributed by atoms with Crippen molar-refractivity contribution in [3.8, 4) is 5.75 Å². The normalized spacial score (nSPS) is 12.5. The van der Waals surface area contributed by atoms with E-state index in [1.165, 1.54) is 5.56 Å². The van der Waals surface area contributed by atoms with Crippen molar-refractivity contribution < 1.29 is 9.47 Å². The molecular formula is C18H31NO2. The Hall–Kier alpha value is -1.06. The molecule has 0 heterocycles. The van der Waals surface area contributed by atoms with Crippen LogP contribution in [0.25, 0.3) is 0 Å². The highest BCUT2D eigenvalue weighted by molar-refractivity contribution is 5.27. The molecule has 1 rings (SSSR count). The molecule has 3 heteroatoms. The van der Waals surface area contributed by atoms with E-state index in [4.69, 9.17) is 9.47 Å². The van der Waals surface area contributed by atoms with E-state index in [2.05, 4.69) is 52.1 Å². The van der Waals surface area contributed by atoms with Gasteiger partial charge in [-0.05, 0) is 44.9 Å². The summed E-state index contributed by atoms with van der Waals surface area (Å²) in [6, 6.07) is 8.29. The lowest BCUT2D eigenvalue weighted by Crippen LogP contribution is -2.43. The molecule has 0 spiro atoms. The van der Waals surface area contributed by atoms with Gasteiger partial charge < -0.3 is 14.8 Å². The van der Waals surface area contributed by atoms with Crippen LogP contribution in [-0.2, 0) is 11.2 Å². The van der Waals surface area contributed by atoms with Crippen molar-refractivity contribution in [1.82, 2.24) is 5.32 Å². The van der Waals surface area contributed by atoms with E-state index in [9.17, 15) is 0 Å². The zero-order valence-corrected chi connectivity index (χ0v) is 14.5. The minimum atomic E-state index is 0.0992. The summed E-state index contributed by atoms with van der Waals surface area (Å²) in [6.07, 6.45) is 0.942. The van der Waals surface area contributed by atoms with Crippen molar-refractivity contribution >= 4 is 0 Å². The van der Waals surface area contributed by atoms with Crippen molar-refractivity contribution in [2.24, 2.45) is 5.41 Å². The van der Waals surface area contributed by atoms with E-state index < -0.39 is 0 Å². The molecule has 0 aliphatic heterocycles. The Morgan fingerprint density at radius 3 is 2.14 bits per heavy atom. The monoisotopic (exact) mass is 293 g/mol. The summed E-state index contributed by atoms with van der Waals surface area (Å²) >= 11 is 0. The minimum absolute atomic E-state index is 0.0992. The maximum atomic E-state index is 5.92. The first kappa shape index (κ1) is 18.0. The van der Waals surface area contributed by atoms with Crippen LogP contribution in [0.15, 0.2) is 24.3 Å². The Bertz CT molecular complexity index is 404. The molecule has 0 bridgehead atoms. The summed E-state index contributed by atoms with van der Waals surface area (Å²) in [6.45, 7) is 13.4. The molecular weight excluding hydrogens is 262 g/mol. The smallest absolute Gasteiger partial charge is 0.119 e. The third-order valence-electron chi connectivity index (χ3n) is 3.25. The molecule has 0 amide bonds. The highest BCUT2D eigenvalue weighted by Crippen LogP contribution is 2.19. The Morgan fingerprint density at radius 2 is 1.62 bits per heavy atom. The summed E-state index contributed by atoms with van der Waals surface area (Å²) in [7, 11) is 1.73. The number of hydrogen-bond acceptors (Lipinski definition) is 3. The maximum absolute atomic E-state index is 5.92. The number of rotatable bonds is 8. The van der Waals surface area contributed by atoms with Crippen LogP contribution in [0.5, 0.6) is 5.75 Å². The third kappa shape index (κ3) is 8.08. The van der Waals surface area contributed by atoms with E-state index in [-0.39, 0.29) is 11.0 Å². The summed E-state index contributed by atoms with van der Waals surface area (Å²) in [5.41, 5.74) is 1.51. The van der Waals surface area contributed by atoms with Crippen LogP contribution in [0.4, 0.5) is 0 Å². The van der Waals surface area contributed by atoms with Gasteiger partial charge in [0.1, 0.15) is 5.75 Å². The second kappa shape index (κ2) is 7.81. The second-order valence-corrected chi connectivity index (χ2v) is 7.44. The summed E-state index contributed by atoms with van der Waals surface area (Å²) in [4.78, 5) is 0. The molecule has 3 nitrogen and oxygen atoms in total. The summed E-state index contributed by atoms with van der Waals surface area (Å²) < 4.78 is 11.0. The summed E-state index contributed by atoms with van der Waals surface area (Å²) in [5.74, 6) is 0.931. The molecule has 0 aliphatic carbocycles. The number of methoxy groups -OCH3 is 1. The quantitative estimate of drug-likeness (QED) is 0.793. The Kier molecular flexibility index (Phi) is 6.69. The van der Waals surface area contributed by atoms with E-state index in [0.29, 0.717) is 6.61 Å². The molecule has 0 fully saturated rings. The van der Waals surface area contributed by atoms with Crippen molar-refractivity contribution in [3.05, 3.63) is 29.8 Å². The lowest BCUT2D eigenvalue weighted by molar-refractivity contribution is 0.165. The van der Waals surface area contributed by atoms with Crippen LogP contribution in [-0.4, -0.2) is 32.4 Å². The van der Waals surface area contributed by atoms with Crippen LogP contribution in [0.1, 0.15) is 40.2 Å². The predicted octanol–water partition coefficient (Wildman–Crippen LogP) is 3.67. The number of ether oxygens (including phenoxy) is 2.